The first kappa shape index (κ1) is 15.2. The van der Waals surface area contributed by atoms with Crippen molar-refractivity contribution in [3.63, 3.8) is 0 Å². The van der Waals surface area contributed by atoms with Gasteiger partial charge in [0, 0.05) is 16.1 Å². The summed E-state index contributed by atoms with van der Waals surface area (Å²) in [5.41, 5.74) is 1.09. The van der Waals surface area contributed by atoms with E-state index in [-0.39, 0.29) is 0 Å². The molecule has 0 aromatic heterocycles. The van der Waals surface area contributed by atoms with Crippen LogP contribution in [0, 0.1) is 5.92 Å². The van der Waals surface area contributed by atoms with Crippen LogP contribution in [0.3, 0.4) is 0 Å². The molecule has 2 rings (SSSR count). The van der Waals surface area contributed by atoms with Gasteiger partial charge < -0.3 is 5.32 Å². The maximum absolute atomic E-state index is 6.27. The summed E-state index contributed by atoms with van der Waals surface area (Å²) in [5.74, 6) is 0.979. The Morgan fingerprint density at radius 1 is 1.26 bits per heavy atom. The molecule has 0 aliphatic heterocycles. The summed E-state index contributed by atoms with van der Waals surface area (Å²) in [5, 5.41) is 5.23. The fourth-order valence-electron chi connectivity index (χ4n) is 2.44. The number of benzene rings is 1. The van der Waals surface area contributed by atoms with Crippen LogP contribution in [0.2, 0.25) is 10.0 Å². The van der Waals surface area contributed by atoms with E-state index in [0.717, 1.165) is 40.9 Å². The second kappa shape index (κ2) is 7.52. The third-order valence-corrected chi connectivity index (χ3v) is 4.52. The van der Waals surface area contributed by atoms with Crippen molar-refractivity contribution >= 4 is 23.2 Å². The molecule has 0 radical (unpaired) electrons. The van der Waals surface area contributed by atoms with Crippen LogP contribution in [0.5, 0.6) is 0 Å². The third kappa shape index (κ3) is 4.98. The zero-order valence-electron chi connectivity index (χ0n) is 11.6. The molecule has 0 heterocycles. The number of halogens is 2. The van der Waals surface area contributed by atoms with Gasteiger partial charge in [-0.15, -0.1) is 0 Å². The molecule has 1 unspecified atom stereocenters. The smallest absolute Gasteiger partial charge is 0.0453 e. The molecule has 1 saturated carbocycles. The lowest BCUT2D eigenvalue weighted by atomic mass is 10.00. The minimum Gasteiger partial charge on any atom is -0.314 e. The van der Waals surface area contributed by atoms with Crippen molar-refractivity contribution in [2.75, 3.05) is 6.54 Å². The van der Waals surface area contributed by atoms with Crippen LogP contribution in [0.15, 0.2) is 18.2 Å². The van der Waals surface area contributed by atoms with Gasteiger partial charge in [0.05, 0.1) is 0 Å². The maximum Gasteiger partial charge on any atom is 0.0453 e. The minimum absolute atomic E-state index is 0.498. The average Bonchev–Trinajstić information content (AvgIpc) is 3.20. The molecular weight excluding hydrogens is 277 g/mol. The molecule has 0 spiro atoms. The van der Waals surface area contributed by atoms with Crippen LogP contribution in [-0.4, -0.2) is 12.6 Å². The van der Waals surface area contributed by atoms with Crippen molar-refractivity contribution in [2.45, 2.75) is 51.5 Å². The Hall–Kier alpha value is -0.240. The van der Waals surface area contributed by atoms with Crippen LogP contribution >= 0.6 is 23.2 Å². The molecule has 0 amide bonds. The van der Waals surface area contributed by atoms with Crippen molar-refractivity contribution in [3.8, 4) is 0 Å². The van der Waals surface area contributed by atoms with E-state index >= 15 is 0 Å². The molecule has 0 saturated heterocycles. The minimum atomic E-state index is 0.498. The Bertz CT molecular complexity index is 381. The van der Waals surface area contributed by atoms with E-state index in [4.69, 9.17) is 23.2 Å². The highest BCUT2D eigenvalue weighted by atomic mass is 35.5. The highest BCUT2D eigenvalue weighted by Gasteiger charge is 2.23. The second-order valence-corrected chi connectivity index (χ2v) is 6.39. The van der Waals surface area contributed by atoms with Crippen molar-refractivity contribution in [1.29, 1.82) is 0 Å². The Balaban J connectivity index is 1.96. The second-order valence-electron chi connectivity index (χ2n) is 5.58. The van der Waals surface area contributed by atoms with Crippen LogP contribution in [0.4, 0.5) is 0 Å². The summed E-state index contributed by atoms with van der Waals surface area (Å²) >= 11 is 12.5. The zero-order chi connectivity index (χ0) is 13.7. The van der Waals surface area contributed by atoms with Gasteiger partial charge in [-0.05, 0) is 55.8 Å². The Labute approximate surface area is 126 Å². The molecule has 1 N–H and O–H groups in total. The Morgan fingerprint density at radius 3 is 2.53 bits per heavy atom. The fourth-order valence-corrected chi connectivity index (χ4v) is 2.99. The lowest BCUT2D eigenvalue weighted by Crippen LogP contribution is -2.32. The summed E-state index contributed by atoms with van der Waals surface area (Å²) in [4.78, 5) is 0. The predicted molar refractivity (Wildman–Crippen MR) is 84.2 cm³/mol. The van der Waals surface area contributed by atoms with E-state index in [2.05, 4.69) is 12.2 Å². The monoisotopic (exact) mass is 299 g/mol. The summed E-state index contributed by atoms with van der Waals surface area (Å²) < 4.78 is 0. The predicted octanol–water partition coefficient (Wildman–Crippen LogP) is 5.09. The van der Waals surface area contributed by atoms with Gasteiger partial charge in [-0.1, -0.05) is 49.0 Å². The van der Waals surface area contributed by atoms with Crippen molar-refractivity contribution in [1.82, 2.24) is 5.32 Å². The molecule has 1 aliphatic rings. The lowest BCUT2D eigenvalue weighted by molar-refractivity contribution is 0.452. The summed E-state index contributed by atoms with van der Waals surface area (Å²) in [6, 6.07) is 6.27. The van der Waals surface area contributed by atoms with Gasteiger partial charge in [0.15, 0.2) is 0 Å². The molecule has 1 nitrogen and oxygen atoms in total. The number of rotatable bonds is 8. The van der Waals surface area contributed by atoms with Crippen LogP contribution in [0.25, 0.3) is 0 Å². The molecule has 1 aliphatic carbocycles. The lowest BCUT2D eigenvalue weighted by Gasteiger charge is -2.20. The van der Waals surface area contributed by atoms with E-state index < -0.39 is 0 Å². The number of hydrogen-bond acceptors (Lipinski definition) is 1. The van der Waals surface area contributed by atoms with Crippen LogP contribution in [0.1, 0.15) is 44.6 Å². The average molecular weight is 300 g/mol. The number of hydrogen-bond donors (Lipinski definition) is 1. The maximum atomic E-state index is 6.27. The van der Waals surface area contributed by atoms with Gasteiger partial charge in [0.25, 0.3) is 0 Å². The van der Waals surface area contributed by atoms with Crippen molar-refractivity contribution < 1.29 is 0 Å². The number of nitrogens with one attached hydrogen (secondary N) is 1. The first-order chi connectivity index (χ1) is 9.20. The van der Waals surface area contributed by atoms with Gasteiger partial charge >= 0.3 is 0 Å². The van der Waals surface area contributed by atoms with Gasteiger partial charge in [0.1, 0.15) is 0 Å². The van der Waals surface area contributed by atoms with Crippen molar-refractivity contribution in [3.05, 3.63) is 33.8 Å². The van der Waals surface area contributed by atoms with Gasteiger partial charge in [-0.3, -0.25) is 0 Å². The van der Waals surface area contributed by atoms with Gasteiger partial charge in [0.2, 0.25) is 0 Å². The third-order valence-electron chi connectivity index (χ3n) is 3.82. The molecule has 0 bridgehead atoms. The van der Waals surface area contributed by atoms with E-state index in [1.54, 1.807) is 0 Å². The molecule has 1 aromatic carbocycles. The van der Waals surface area contributed by atoms with Crippen LogP contribution in [-0.2, 0) is 6.42 Å². The SMILES string of the molecule is CCCNC(CCC1CC1)Cc1c(Cl)cccc1Cl. The normalized spacial score (nSPS) is 16.6. The van der Waals surface area contributed by atoms with E-state index in [1.165, 1.54) is 25.7 Å². The summed E-state index contributed by atoms with van der Waals surface area (Å²) in [7, 11) is 0. The molecule has 1 fully saturated rings. The molecule has 106 valence electrons. The first-order valence-corrected chi connectivity index (χ1v) is 8.12. The summed E-state index contributed by atoms with van der Waals surface area (Å²) in [6.45, 7) is 3.27. The summed E-state index contributed by atoms with van der Waals surface area (Å²) in [6.07, 6.45) is 7.51. The first-order valence-electron chi connectivity index (χ1n) is 7.37. The molecule has 1 aromatic rings. The molecular formula is C16H23Cl2N. The Morgan fingerprint density at radius 2 is 1.95 bits per heavy atom. The Kier molecular flexibility index (Phi) is 6.00. The van der Waals surface area contributed by atoms with E-state index in [1.807, 2.05) is 18.2 Å². The highest BCUT2D eigenvalue weighted by Crippen LogP contribution is 2.34. The van der Waals surface area contributed by atoms with E-state index in [0.29, 0.717) is 6.04 Å². The fraction of sp³-hybridized carbons (Fsp3) is 0.625. The zero-order valence-corrected chi connectivity index (χ0v) is 13.1. The largest absolute Gasteiger partial charge is 0.314 e. The van der Waals surface area contributed by atoms with Gasteiger partial charge in [-0.2, -0.15) is 0 Å². The highest BCUT2D eigenvalue weighted by molar-refractivity contribution is 6.35. The molecule has 19 heavy (non-hydrogen) atoms. The van der Waals surface area contributed by atoms with Gasteiger partial charge in [-0.25, -0.2) is 0 Å². The molecule has 3 heteroatoms. The molecule has 1 atom stereocenters. The van der Waals surface area contributed by atoms with Crippen molar-refractivity contribution in [2.24, 2.45) is 5.92 Å². The van der Waals surface area contributed by atoms with E-state index in [9.17, 15) is 0 Å². The quantitative estimate of drug-likeness (QED) is 0.704. The topological polar surface area (TPSA) is 12.0 Å². The van der Waals surface area contributed by atoms with Crippen LogP contribution < -0.4 is 5.32 Å². The standard InChI is InChI=1S/C16H23Cl2N/c1-2-10-19-13(9-8-12-6-7-12)11-14-15(17)4-3-5-16(14)18/h3-5,12-13,19H,2,6-11H2,1H3.